The van der Waals surface area contributed by atoms with Gasteiger partial charge in [-0.05, 0) is 52.1 Å². The molecule has 0 bridgehead atoms. The summed E-state index contributed by atoms with van der Waals surface area (Å²) in [5.74, 6) is 2.43. The molecule has 1 atom stereocenters. The highest BCUT2D eigenvalue weighted by Gasteiger charge is 2.15. The number of hydrogen-bond donors (Lipinski definition) is 2. The molecule has 2 rings (SSSR count). The van der Waals surface area contributed by atoms with Gasteiger partial charge in [0.05, 0.1) is 0 Å². The SMILES string of the molecule is CC(C)n1c(N)nnc1SCCC1CCCNC1. The van der Waals surface area contributed by atoms with Gasteiger partial charge in [0.25, 0.3) is 0 Å². The molecule has 0 saturated carbocycles. The molecule has 3 N–H and O–H groups in total. The summed E-state index contributed by atoms with van der Waals surface area (Å²) < 4.78 is 2.00. The summed E-state index contributed by atoms with van der Waals surface area (Å²) in [6, 6.07) is 0.318. The number of hydrogen-bond acceptors (Lipinski definition) is 5. The van der Waals surface area contributed by atoms with Crippen LogP contribution in [0.4, 0.5) is 5.95 Å². The molecule has 2 heterocycles. The molecule has 1 fully saturated rings. The second kappa shape index (κ2) is 6.43. The maximum Gasteiger partial charge on any atom is 0.222 e. The van der Waals surface area contributed by atoms with Crippen LogP contribution in [0.2, 0.25) is 0 Å². The van der Waals surface area contributed by atoms with Gasteiger partial charge in [0.2, 0.25) is 5.95 Å². The lowest BCUT2D eigenvalue weighted by molar-refractivity contribution is 0.371. The summed E-state index contributed by atoms with van der Waals surface area (Å²) in [6.07, 6.45) is 3.90. The molecule has 0 radical (unpaired) electrons. The Morgan fingerprint density at radius 2 is 2.33 bits per heavy atom. The Balaban J connectivity index is 1.82. The van der Waals surface area contributed by atoms with Gasteiger partial charge in [-0.3, -0.25) is 4.57 Å². The van der Waals surface area contributed by atoms with E-state index in [4.69, 9.17) is 5.73 Å². The fourth-order valence-electron chi connectivity index (χ4n) is 2.36. The minimum Gasteiger partial charge on any atom is -0.368 e. The Labute approximate surface area is 113 Å². The molecule has 6 heteroatoms. The average molecular weight is 269 g/mol. The molecule has 1 aliphatic rings. The largest absolute Gasteiger partial charge is 0.368 e. The summed E-state index contributed by atoms with van der Waals surface area (Å²) in [6.45, 7) is 6.56. The van der Waals surface area contributed by atoms with Gasteiger partial charge in [-0.2, -0.15) is 0 Å². The first kappa shape index (κ1) is 13.7. The second-order valence-electron chi connectivity index (χ2n) is 5.15. The van der Waals surface area contributed by atoms with Crippen molar-refractivity contribution in [1.82, 2.24) is 20.1 Å². The van der Waals surface area contributed by atoms with Crippen LogP contribution in [0.1, 0.15) is 39.2 Å². The third-order valence-electron chi connectivity index (χ3n) is 3.36. The number of thioether (sulfide) groups is 1. The lowest BCUT2D eigenvalue weighted by atomic mass is 9.97. The van der Waals surface area contributed by atoms with Crippen molar-refractivity contribution in [3.8, 4) is 0 Å². The molecule has 1 aromatic rings. The van der Waals surface area contributed by atoms with Crippen LogP contribution in [0, 0.1) is 5.92 Å². The van der Waals surface area contributed by atoms with Gasteiger partial charge in [-0.15, -0.1) is 10.2 Å². The minimum absolute atomic E-state index is 0.318. The lowest BCUT2D eigenvalue weighted by Gasteiger charge is -2.22. The fraction of sp³-hybridized carbons (Fsp3) is 0.833. The number of nitrogen functional groups attached to an aromatic ring is 1. The number of aromatic nitrogens is 3. The topological polar surface area (TPSA) is 68.8 Å². The fourth-order valence-corrected chi connectivity index (χ4v) is 3.54. The number of rotatable bonds is 5. The normalized spacial score (nSPS) is 20.5. The van der Waals surface area contributed by atoms with E-state index in [9.17, 15) is 0 Å². The van der Waals surface area contributed by atoms with Crippen molar-refractivity contribution in [3.63, 3.8) is 0 Å². The highest BCUT2D eigenvalue weighted by molar-refractivity contribution is 7.99. The molecule has 102 valence electrons. The predicted octanol–water partition coefficient (Wildman–Crippen LogP) is 1.92. The molecule has 1 aromatic heterocycles. The molecule has 18 heavy (non-hydrogen) atoms. The summed E-state index contributed by atoms with van der Waals surface area (Å²) in [5, 5.41) is 12.5. The first-order chi connectivity index (χ1) is 8.68. The third-order valence-corrected chi connectivity index (χ3v) is 4.34. The molecule has 1 aliphatic heterocycles. The van der Waals surface area contributed by atoms with Gasteiger partial charge in [0, 0.05) is 11.8 Å². The van der Waals surface area contributed by atoms with Crippen LogP contribution in [-0.2, 0) is 0 Å². The molecular weight excluding hydrogens is 246 g/mol. The number of nitrogens with zero attached hydrogens (tertiary/aromatic N) is 3. The van der Waals surface area contributed by atoms with Crippen molar-refractivity contribution in [2.45, 2.75) is 44.3 Å². The van der Waals surface area contributed by atoms with Gasteiger partial charge in [-0.1, -0.05) is 11.8 Å². The molecule has 5 nitrogen and oxygen atoms in total. The number of nitrogens with one attached hydrogen (secondary N) is 1. The van der Waals surface area contributed by atoms with Crippen molar-refractivity contribution in [3.05, 3.63) is 0 Å². The smallest absolute Gasteiger partial charge is 0.222 e. The minimum atomic E-state index is 0.318. The number of anilines is 1. The van der Waals surface area contributed by atoms with Crippen LogP contribution in [0.15, 0.2) is 5.16 Å². The van der Waals surface area contributed by atoms with E-state index in [1.165, 1.54) is 32.4 Å². The first-order valence-electron chi connectivity index (χ1n) is 6.72. The molecular formula is C12H23N5S. The van der Waals surface area contributed by atoms with Crippen LogP contribution in [0.3, 0.4) is 0 Å². The van der Waals surface area contributed by atoms with Crippen LogP contribution in [0.25, 0.3) is 0 Å². The van der Waals surface area contributed by atoms with Crippen LogP contribution in [-0.4, -0.2) is 33.6 Å². The van der Waals surface area contributed by atoms with E-state index in [1.807, 2.05) is 4.57 Å². The molecule has 1 saturated heterocycles. The second-order valence-corrected chi connectivity index (χ2v) is 6.22. The molecule has 0 aliphatic carbocycles. The zero-order chi connectivity index (χ0) is 13.0. The monoisotopic (exact) mass is 269 g/mol. The van der Waals surface area contributed by atoms with Crippen molar-refractivity contribution < 1.29 is 0 Å². The third kappa shape index (κ3) is 3.38. The van der Waals surface area contributed by atoms with Crippen molar-refractivity contribution >= 4 is 17.7 Å². The summed E-state index contributed by atoms with van der Waals surface area (Å²) in [7, 11) is 0. The van der Waals surface area contributed by atoms with Crippen molar-refractivity contribution in [2.75, 3.05) is 24.6 Å². The summed E-state index contributed by atoms with van der Waals surface area (Å²) >= 11 is 1.77. The Bertz CT molecular complexity index is 371. The zero-order valence-corrected chi connectivity index (χ0v) is 12.0. The highest BCUT2D eigenvalue weighted by atomic mass is 32.2. The van der Waals surface area contributed by atoms with Gasteiger partial charge in [0.1, 0.15) is 0 Å². The lowest BCUT2D eigenvalue weighted by Crippen LogP contribution is -2.29. The van der Waals surface area contributed by atoms with E-state index in [1.54, 1.807) is 11.8 Å². The number of nitrogens with two attached hydrogens (primary N) is 1. The highest BCUT2D eigenvalue weighted by Crippen LogP contribution is 2.25. The van der Waals surface area contributed by atoms with Gasteiger partial charge in [-0.25, -0.2) is 0 Å². The van der Waals surface area contributed by atoms with Crippen LogP contribution < -0.4 is 11.1 Å². The predicted molar refractivity (Wildman–Crippen MR) is 75.8 cm³/mol. The molecule has 0 amide bonds. The van der Waals surface area contributed by atoms with E-state index in [2.05, 4.69) is 29.4 Å². The summed E-state index contributed by atoms with van der Waals surface area (Å²) in [5.41, 5.74) is 5.82. The summed E-state index contributed by atoms with van der Waals surface area (Å²) in [4.78, 5) is 0. The Hall–Kier alpha value is -0.750. The van der Waals surface area contributed by atoms with Crippen molar-refractivity contribution in [2.24, 2.45) is 5.92 Å². The van der Waals surface area contributed by atoms with Gasteiger partial charge < -0.3 is 11.1 Å². The Morgan fingerprint density at radius 1 is 1.50 bits per heavy atom. The zero-order valence-electron chi connectivity index (χ0n) is 11.2. The van der Waals surface area contributed by atoms with E-state index in [0.29, 0.717) is 12.0 Å². The van der Waals surface area contributed by atoms with Gasteiger partial charge >= 0.3 is 0 Å². The molecule has 0 aromatic carbocycles. The van der Waals surface area contributed by atoms with E-state index in [-0.39, 0.29) is 0 Å². The maximum absolute atomic E-state index is 5.82. The Morgan fingerprint density at radius 3 is 3.00 bits per heavy atom. The van der Waals surface area contributed by atoms with Crippen LogP contribution in [0.5, 0.6) is 0 Å². The van der Waals surface area contributed by atoms with E-state index >= 15 is 0 Å². The Kier molecular flexibility index (Phi) is 4.88. The maximum atomic E-state index is 5.82. The number of piperidine rings is 1. The molecule has 1 unspecified atom stereocenters. The van der Waals surface area contributed by atoms with Gasteiger partial charge in [0.15, 0.2) is 5.16 Å². The standard InChI is InChI=1S/C12H23N5S/c1-9(2)17-11(13)15-16-12(17)18-7-5-10-4-3-6-14-8-10/h9-10,14H,3-8H2,1-2H3,(H2,13,15). The molecule has 0 spiro atoms. The average Bonchev–Trinajstić information content (AvgIpc) is 2.72. The van der Waals surface area contributed by atoms with E-state index in [0.717, 1.165) is 16.8 Å². The van der Waals surface area contributed by atoms with Crippen molar-refractivity contribution in [1.29, 1.82) is 0 Å². The first-order valence-corrected chi connectivity index (χ1v) is 7.71. The van der Waals surface area contributed by atoms with Crippen LogP contribution >= 0.6 is 11.8 Å². The van der Waals surface area contributed by atoms with E-state index < -0.39 is 0 Å². The quantitative estimate of drug-likeness (QED) is 0.799.